The van der Waals surface area contributed by atoms with E-state index in [1.165, 1.54) is 5.56 Å². The molecule has 6 heteroatoms. The number of nitrogens with two attached hydrogens (primary N) is 1. The van der Waals surface area contributed by atoms with Gasteiger partial charge in [-0.05, 0) is 17.7 Å². The van der Waals surface area contributed by atoms with Crippen molar-refractivity contribution in [3.05, 3.63) is 41.0 Å². The van der Waals surface area contributed by atoms with E-state index in [9.17, 15) is 0 Å². The lowest BCUT2D eigenvalue weighted by Gasteiger charge is -2.00. The van der Waals surface area contributed by atoms with Crippen LogP contribution in [0.4, 0.5) is 5.82 Å². The van der Waals surface area contributed by atoms with E-state index >= 15 is 0 Å². The van der Waals surface area contributed by atoms with Gasteiger partial charge >= 0.3 is 0 Å². The van der Waals surface area contributed by atoms with Crippen molar-refractivity contribution in [2.24, 2.45) is 0 Å². The van der Waals surface area contributed by atoms with Crippen LogP contribution in [-0.4, -0.2) is 21.7 Å². The summed E-state index contributed by atoms with van der Waals surface area (Å²) in [6, 6.07) is 7.98. The number of aromatic nitrogens is 3. The quantitative estimate of drug-likeness (QED) is 0.782. The summed E-state index contributed by atoms with van der Waals surface area (Å²) in [5, 5.41) is 5.45. The van der Waals surface area contributed by atoms with Crippen molar-refractivity contribution in [2.75, 3.05) is 12.8 Å². The van der Waals surface area contributed by atoms with E-state index in [2.05, 4.69) is 10.1 Å². The predicted octanol–water partition coefficient (Wildman–Crippen LogP) is 1.97. The summed E-state index contributed by atoms with van der Waals surface area (Å²) in [5.41, 5.74) is 6.79. The first-order valence-electron chi connectivity index (χ1n) is 5.48. The molecule has 0 fully saturated rings. The highest BCUT2D eigenvalue weighted by atomic mass is 32.1. The molecule has 0 aliphatic carbocycles. The predicted molar refractivity (Wildman–Crippen MR) is 71.1 cm³/mol. The Hall–Kier alpha value is -2.08. The van der Waals surface area contributed by atoms with Crippen molar-refractivity contribution >= 4 is 22.1 Å². The smallest absolute Gasteiger partial charge is 0.214 e. The number of hydrogen-bond donors (Lipinski definition) is 1. The number of hydrogen-bond acceptors (Lipinski definition) is 5. The Morgan fingerprint density at radius 3 is 2.78 bits per heavy atom. The lowest BCUT2D eigenvalue weighted by atomic mass is 10.1. The molecule has 2 N–H and O–H groups in total. The molecule has 3 aromatic rings. The highest BCUT2D eigenvalue weighted by Crippen LogP contribution is 2.20. The minimum absolute atomic E-state index is 0.504. The first-order chi connectivity index (χ1) is 8.74. The molecule has 0 radical (unpaired) electrons. The van der Waals surface area contributed by atoms with E-state index in [4.69, 9.17) is 10.5 Å². The molecule has 1 aromatic carbocycles. The van der Waals surface area contributed by atoms with Crippen LogP contribution < -0.4 is 10.5 Å². The van der Waals surface area contributed by atoms with Crippen LogP contribution in [0.15, 0.2) is 30.5 Å². The minimum Gasteiger partial charge on any atom is -0.497 e. The molecular weight excluding hydrogens is 248 g/mol. The number of anilines is 1. The maximum atomic E-state index is 5.59. The minimum atomic E-state index is 0.504. The topological polar surface area (TPSA) is 65.4 Å². The molecule has 0 amide bonds. The molecule has 0 unspecified atom stereocenters. The summed E-state index contributed by atoms with van der Waals surface area (Å²) in [6.07, 6.45) is 2.52. The van der Waals surface area contributed by atoms with Crippen LogP contribution in [0.3, 0.4) is 0 Å². The van der Waals surface area contributed by atoms with Crippen molar-refractivity contribution in [3.63, 3.8) is 0 Å². The Bertz CT molecular complexity index is 640. The van der Waals surface area contributed by atoms with E-state index in [-0.39, 0.29) is 0 Å². The number of ether oxygens (including phenoxy) is 1. The van der Waals surface area contributed by atoms with Gasteiger partial charge in [-0.2, -0.15) is 5.10 Å². The van der Waals surface area contributed by atoms with Gasteiger partial charge in [-0.3, -0.25) is 0 Å². The SMILES string of the molecule is COc1ccc(Cc2nn3cc(N)nc3s2)cc1. The fourth-order valence-electron chi connectivity index (χ4n) is 1.75. The van der Waals surface area contributed by atoms with Gasteiger partial charge in [0.2, 0.25) is 4.96 Å². The summed E-state index contributed by atoms with van der Waals surface area (Å²) >= 11 is 1.55. The van der Waals surface area contributed by atoms with E-state index in [0.29, 0.717) is 5.82 Å². The molecule has 0 bridgehead atoms. The van der Waals surface area contributed by atoms with Crippen LogP contribution in [0.1, 0.15) is 10.6 Å². The Labute approximate surface area is 108 Å². The van der Waals surface area contributed by atoms with Gasteiger partial charge < -0.3 is 10.5 Å². The van der Waals surface area contributed by atoms with Gasteiger partial charge in [-0.1, -0.05) is 23.5 Å². The van der Waals surface area contributed by atoms with Crippen LogP contribution >= 0.6 is 11.3 Å². The van der Waals surface area contributed by atoms with Crippen LogP contribution in [0, 0.1) is 0 Å². The molecule has 0 aliphatic rings. The Kier molecular flexibility index (Phi) is 2.64. The number of benzene rings is 1. The highest BCUT2D eigenvalue weighted by molar-refractivity contribution is 7.16. The number of imidazole rings is 1. The fraction of sp³-hybridized carbons (Fsp3) is 0.167. The monoisotopic (exact) mass is 260 g/mol. The average Bonchev–Trinajstić information content (AvgIpc) is 2.86. The Morgan fingerprint density at radius 2 is 2.11 bits per heavy atom. The lowest BCUT2D eigenvalue weighted by Crippen LogP contribution is -1.90. The molecule has 0 aliphatic heterocycles. The van der Waals surface area contributed by atoms with E-state index in [1.54, 1.807) is 29.2 Å². The summed E-state index contributed by atoms with van der Waals surface area (Å²) < 4.78 is 6.85. The van der Waals surface area contributed by atoms with Gasteiger partial charge in [-0.25, -0.2) is 9.50 Å². The number of nitrogen functional groups attached to an aromatic ring is 1. The fourth-order valence-corrected chi connectivity index (χ4v) is 2.66. The maximum Gasteiger partial charge on any atom is 0.214 e. The molecule has 0 spiro atoms. The molecule has 18 heavy (non-hydrogen) atoms. The normalized spacial score (nSPS) is 10.9. The van der Waals surface area contributed by atoms with Gasteiger partial charge in [0, 0.05) is 6.42 Å². The van der Waals surface area contributed by atoms with Gasteiger partial charge in [-0.15, -0.1) is 0 Å². The van der Waals surface area contributed by atoms with E-state index in [1.807, 2.05) is 24.3 Å². The number of methoxy groups -OCH3 is 1. The Morgan fingerprint density at radius 1 is 1.33 bits per heavy atom. The second-order valence-electron chi connectivity index (χ2n) is 3.91. The molecule has 0 atom stereocenters. The summed E-state index contributed by atoms with van der Waals surface area (Å²) in [5.74, 6) is 1.37. The Balaban J connectivity index is 1.83. The third-order valence-corrected chi connectivity index (χ3v) is 3.54. The summed E-state index contributed by atoms with van der Waals surface area (Å²) in [7, 11) is 1.66. The third-order valence-electron chi connectivity index (χ3n) is 2.62. The van der Waals surface area contributed by atoms with Gasteiger partial charge in [0.05, 0.1) is 13.3 Å². The zero-order chi connectivity index (χ0) is 12.5. The van der Waals surface area contributed by atoms with Crippen molar-refractivity contribution in [1.82, 2.24) is 14.6 Å². The largest absolute Gasteiger partial charge is 0.497 e. The molecule has 0 saturated heterocycles. The van der Waals surface area contributed by atoms with E-state index < -0.39 is 0 Å². The number of fused-ring (bicyclic) bond motifs is 1. The van der Waals surface area contributed by atoms with Gasteiger partial charge in [0.25, 0.3) is 0 Å². The zero-order valence-electron chi connectivity index (χ0n) is 9.83. The van der Waals surface area contributed by atoms with Crippen LogP contribution in [0.2, 0.25) is 0 Å². The summed E-state index contributed by atoms with van der Waals surface area (Å²) in [4.78, 5) is 5.01. The second-order valence-corrected chi connectivity index (χ2v) is 4.95. The van der Waals surface area contributed by atoms with Crippen molar-refractivity contribution in [2.45, 2.75) is 6.42 Å². The third kappa shape index (κ3) is 2.02. The van der Waals surface area contributed by atoms with E-state index in [0.717, 1.165) is 22.1 Å². The standard InChI is InChI=1S/C12H12N4OS/c1-17-9-4-2-8(3-5-9)6-11-15-16-7-10(13)14-12(16)18-11/h2-5,7H,6,13H2,1H3. The van der Waals surface area contributed by atoms with Crippen molar-refractivity contribution < 1.29 is 4.74 Å². The lowest BCUT2D eigenvalue weighted by molar-refractivity contribution is 0.414. The number of nitrogens with zero attached hydrogens (tertiary/aromatic N) is 3. The summed E-state index contributed by atoms with van der Waals surface area (Å²) in [6.45, 7) is 0. The molecule has 2 aromatic heterocycles. The molecule has 92 valence electrons. The first kappa shape index (κ1) is 11.0. The molecule has 5 nitrogen and oxygen atoms in total. The molecule has 2 heterocycles. The maximum absolute atomic E-state index is 5.59. The highest BCUT2D eigenvalue weighted by Gasteiger charge is 2.07. The molecule has 0 saturated carbocycles. The van der Waals surface area contributed by atoms with Crippen LogP contribution in [0.25, 0.3) is 4.96 Å². The van der Waals surface area contributed by atoms with Crippen LogP contribution in [-0.2, 0) is 6.42 Å². The van der Waals surface area contributed by atoms with Gasteiger partial charge in [0.15, 0.2) is 0 Å². The van der Waals surface area contributed by atoms with Crippen molar-refractivity contribution in [1.29, 1.82) is 0 Å². The first-order valence-corrected chi connectivity index (χ1v) is 6.30. The van der Waals surface area contributed by atoms with Gasteiger partial charge in [0.1, 0.15) is 16.6 Å². The average molecular weight is 260 g/mol. The van der Waals surface area contributed by atoms with Crippen molar-refractivity contribution in [3.8, 4) is 5.75 Å². The van der Waals surface area contributed by atoms with Crippen LogP contribution in [0.5, 0.6) is 5.75 Å². The number of rotatable bonds is 3. The zero-order valence-corrected chi connectivity index (χ0v) is 10.6. The molecule has 3 rings (SSSR count). The molecular formula is C12H12N4OS. The second kappa shape index (κ2) is 4.30.